The summed E-state index contributed by atoms with van der Waals surface area (Å²) in [6.07, 6.45) is 3.31. The Bertz CT molecular complexity index is 659. The number of nitrogens with zero attached hydrogens (tertiary/aromatic N) is 3. The molecule has 2 unspecified atom stereocenters. The van der Waals surface area contributed by atoms with Crippen LogP contribution in [0.1, 0.15) is 17.3 Å². The standard InChI is InChI=1S/C15H16BrN3O2/c1-10-8-19(9-11(7-16)21-10)15(20)12-3-2-4-13-14(12)18-6-5-17-13/h2-6,10-11H,7-9H2,1H3. The van der Waals surface area contributed by atoms with Crippen LogP contribution in [-0.2, 0) is 4.74 Å². The molecule has 1 aromatic heterocycles. The minimum absolute atomic E-state index is 0.0119. The summed E-state index contributed by atoms with van der Waals surface area (Å²) < 4.78 is 5.77. The highest BCUT2D eigenvalue weighted by Crippen LogP contribution is 2.19. The lowest BCUT2D eigenvalue weighted by Crippen LogP contribution is -2.49. The summed E-state index contributed by atoms with van der Waals surface area (Å²) in [4.78, 5) is 23.2. The first kappa shape index (κ1) is 14.4. The summed E-state index contributed by atoms with van der Waals surface area (Å²) in [6.45, 7) is 3.17. The van der Waals surface area contributed by atoms with Crippen LogP contribution in [0.15, 0.2) is 30.6 Å². The molecule has 1 aliphatic heterocycles. The third kappa shape index (κ3) is 2.91. The lowest BCUT2D eigenvalue weighted by molar-refractivity contribution is -0.0559. The van der Waals surface area contributed by atoms with Gasteiger partial charge in [0, 0.05) is 30.8 Å². The van der Waals surface area contributed by atoms with E-state index < -0.39 is 0 Å². The number of morpholine rings is 1. The second-order valence-corrected chi connectivity index (χ2v) is 5.81. The maximum atomic E-state index is 12.8. The van der Waals surface area contributed by atoms with Crippen molar-refractivity contribution < 1.29 is 9.53 Å². The number of halogens is 1. The smallest absolute Gasteiger partial charge is 0.256 e. The molecule has 0 saturated carbocycles. The van der Waals surface area contributed by atoms with Crippen LogP contribution >= 0.6 is 15.9 Å². The number of carbonyl (C=O) groups is 1. The highest BCUT2D eigenvalue weighted by Gasteiger charge is 2.29. The van der Waals surface area contributed by atoms with Crippen LogP contribution in [0.5, 0.6) is 0 Å². The molecular weight excluding hydrogens is 334 g/mol. The number of ether oxygens (including phenoxy) is 1. The number of hydrogen-bond donors (Lipinski definition) is 0. The molecule has 0 radical (unpaired) electrons. The quantitative estimate of drug-likeness (QED) is 0.780. The largest absolute Gasteiger partial charge is 0.371 e. The summed E-state index contributed by atoms with van der Waals surface area (Å²) in [5.74, 6) is -0.0119. The van der Waals surface area contributed by atoms with Crippen LogP contribution in [0.4, 0.5) is 0 Å². The van der Waals surface area contributed by atoms with Gasteiger partial charge in [-0.15, -0.1) is 0 Å². The van der Waals surface area contributed by atoms with E-state index in [0.29, 0.717) is 24.2 Å². The Labute approximate surface area is 131 Å². The van der Waals surface area contributed by atoms with E-state index in [2.05, 4.69) is 25.9 Å². The average Bonchev–Trinajstić information content (AvgIpc) is 2.53. The molecule has 2 atom stereocenters. The fraction of sp³-hybridized carbons (Fsp3) is 0.400. The first-order chi connectivity index (χ1) is 10.2. The van der Waals surface area contributed by atoms with Gasteiger partial charge in [-0.05, 0) is 19.1 Å². The van der Waals surface area contributed by atoms with Gasteiger partial charge in [0.25, 0.3) is 5.91 Å². The zero-order valence-electron chi connectivity index (χ0n) is 11.7. The zero-order valence-corrected chi connectivity index (χ0v) is 13.3. The molecule has 0 bridgehead atoms. The Balaban J connectivity index is 1.93. The number of carbonyl (C=O) groups excluding carboxylic acids is 1. The van der Waals surface area contributed by atoms with Crippen LogP contribution in [0.3, 0.4) is 0 Å². The molecule has 2 aromatic rings. The first-order valence-corrected chi connectivity index (χ1v) is 8.01. The van der Waals surface area contributed by atoms with Gasteiger partial charge >= 0.3 is 0 Å². The first-order valence-electron chi connectivity index (χ1n) is 6.89. The molecule has 0 aliphatic carbocycles. The molecular formula is C15H16BrN3O2. The molecule has 1 aliphatic rings. The molecule has 1 fully saturated rings. The van der Waals surface area contributed by atoms with Crippen molar-refractivity contribution in [3.63, 3.8) is 0 Å². The van der Waals surface area contributed by atoms with E-state index in [0.717, 1.165) is 10.8 Å². The van der Waals surface area contributed by atoms with Crippen molar-refractivity contribution in [3.8, 4) is 0 Å². The molecule has 2 heterocycles. The summed E-state index contributed by atoms with van der Waals surface area (Å²) in [5, 5.41) is 0.719. The molecule has 1 saturated heterocycles. The number of rotatable bonds is 2. The number of amides is 1. The second-order valence-electron chi connectivity index (χ2n) is 5.16. The summed E-state index contributed by atoms with van der Waals surface area (Å²) in [7, 11) is 0. The van der Waals surface area contributed by atoms with Gasteiger partial charge in [0.1, 0.15) is 5.52 Å². The van der Waals surface area contributed by atoms with Gasteiger partial charge in [0.05, 0.1) is 23.3 Å². The van der Waals surface area contributed by atoms with E-state index in [-0.39, 0.29) is 18.1 Å². The normalized spacial score (nSPS) is 22.5. The minimum Gasteiger partial charge on any atom is -0.371 e. The summed E-state index contributed by atoms with van der Waals surface area (Å²) >= 11 is 3.43. The van der Waals surface area contributed by atoms with Gasteiger partial charge < -0.3 is 9.64 Å². The van der Waals surface area contributed by atoms with Gasteiger partial charge in [-0.2, -0.15) is 0 Å². The van der Waals surface area contributed by atoms with Gasteiger partial charge in [-0.1, -0.05) is 22.0 Å². The monoisotopic (exact) mass is 349 g/mol. The topological polar surface area (TPSA) is 55.3 Å². The van der Waals surface area contributed by atoms with Crippen molar-refractivity contribution in [2.75, 3.05) is 18.4 Å². The molecule has 3 rings (SSSR count). The molecule has 21 heavy (non-hydrogen) atoms. The van der Waals surface area contributed by atoms with E-state index in [4.69, 9.17) is 4.74 Å². The molecule has 5 nitrogen and oxygen atoms in total. The van der Waals surface area contributed by atoms with Crippen molar-refractivity contribution in [2.45, 2.75) is 19.1 Å². The van der Waals surface area contributed by atoms with Crippen LogP contribution < -0.4 is 0 Å². The number of benzene rings is 1. The lowest BCUT2D eigenvalue weighted by atomic mass is 10.1. The van der Waals surface area contributed by atoms with E-state index in [1.54, 1.807) is 12.4 Å². The molecule has 110 valence electrons. The van der Waals surface area contributed by atoms with Crippen molar-refractivity contribution in [1.29, 1.82) is 0 Å². The van der Waals surface area contributed by atoms with Crippen molar-refractivity contribution in [1.82, 2.24) is 14.9 Å². The summed E-state index contributed by atoms with van der Waals surface area (Å²) in [6, 6.07) is 5.51. The van der Waals surface area contributed by atoms with Gasteiger partial charge in [-0.25, -0.2) is 0 Å². The molecule has 0 spiro atoms. The molecule has 6 heteroatoms. The van der Waals surface area contributed by atoms with E-state index in [9.17, 15) is 4.79 Å². The van der Waals surface area contributed by atoms with E-state index in [1.807, 2.05) is 30.0 Å². The van der Waals surface area contributed by atoms with Gasteiger partial charge in [-0.3, -0.25) is 14.8 Å². The number of fused-ring (bicyclic) bond motifs is 1. The maximum absolute atomic E-state index is 12.8. The average molecular weight is 350 g/mol. The Morgan fingerprint density at radius 2 is 2.19 bits per heavy atom. The van der Waals surface area contributed by atoms with E-state index >= 15 is 0 Å². The highest BCUT2D eigenvalue weighted by molar-refractivity contribution is 9.09. The highest BCUT2D eigenvalue weighted by atomic mass is 79.9. The molecule has 1 aromatic carbocycles. The predicted octanol–water partition coefficient (Wildman–Crippen LogP) is 2.25. The van der Waals surface area contributed by atoms with E-state index in [1.165, 1.54) is 0 Å². The van der Waals surface area contributed by atoms with Crippen LogP contribution in [0, 0.1) is 0 Å². The SMILES string of the molecule is CC1CN(C(=O)c2cccc3nccnc23)CC(CBr)O1. The minimum atomic E-state index is -0.0119. The van der Waals surface area contributed by atoms with Crippen LogP contribution in [0.2, 0.25) is 0 Å². The zero-order chi connectivity index (χ0) is 14.8. The fourth-order valence-electron chi connectivity index (χ4n) is 2.63. The molecule has 1 amide bonds. The van der Waals surface area contributed by atoms with Crippen LogP contribution in [-0.4, -0.2) is 51.4 Å². The Morgan fingerprint density at radius 1 is 1.38 bits per heavy atom. The lowest BCUT2D eigenvalue weighted by Gasteiger charge is -2.36. The van der Waals surface area contributed by atoms with Crippen LogP contribution in [0.25, 0.3) is 11.0 Å². The number of alkyl halides is 1. The fourth-order valence-corrected chi connectivity index (χ4v) is 2.99. The van der Waals surface area contributed by atoms with Gasteiger partial charge in [0.2, 0.25) is 0 Å². The third-order valence-electron chi connectivity index (χ3n) is 3.51. The summed E-state index contributed by atoms with van der Waals surface area (Å²) in [5.41, 5.74) is 1.99. The van der Waals surface area contributed by atoms with Crippen molar-refractivity contribution in [2.24, 2.45) is 0 Å². The molecule has 0 N–H and O–H groups in total. The second kappa shape index (κ2) is 6.07. The van der Waals surface area contributed by atoms with Gasteiger partial charge in [0.15, 0.2) is 0 Å². The third-order valence-corrected chi connectivity index (χ3v) is 4.24. The van der Waals surface area contributed by atoms with Crippen molar-refractivity contribution >= 4 is 32.9 Å². The number of para-hydroxylation sites is 1. The predicted molar refractivity (Wildman–Crippen MR) is 83.6 cm³/mol. The Kier molecular flexibility index (Phi) is 4.17. The Hall–Kier alpha value is -1.53. The Morgan fingerprint density at radius 3 is 3.00 bits per heavy atom. The number of aromatic nitrogens is 2. The maximum Gasteiger partial charge on any atom is 0.256 e. The number of hydrogen-bond acceptors (Lipinski definition) is 4. The van der Waals surface area contributed by atoms with Crippen molar-refractivity contribution in [3.05, 3.63) is 36.2 Å².